The molecule has 0 unspecified atom stereocenters. The van der Waals surface area contributed by atoms with Crippen LogP contribution in [0.5, 0.6) is 11.5 Å². The summed E-state index contributed by atoms with van der Waals surface area (Å²) >= 11 is 3.42. The van der Waals surface area contributed by atoms with E-state index in [0.717, 1.165) is 10.0 Å². The molecule has 0 spiro atoms. The molecule has 0 saturated heterocycles. The predicted molar refractivity (Wildman–Crippen MR) is 122 cm³/mol. The molecule has 4 N–H and O–H groups in total. The number of amides is 3. The molecule has 0 aromatic heterocycles. The summed E-state index contributed by atoms with van der Waals surface area (Å²) in [6.07, 6.45) is -0.122. The van der Waals surface area contributed by atoms with Crippen molar-refractivity contribution in [2.75, 3.05) is 24.1 Å². The Morgan fingerprint density at radius 1 is 1.16 bits per heavy atom. The third kappa shape index (κ3) is 5.16. The maximum absolute atomic E-state index is 12.8. The predicted octanol–water partition coefficient (Wildman–Crippen LogP) is 3.44. The van der Waals surface area contributed by atoms with E-state index < -0.39 is 17.9 Å². The zero-order valence-corrected chi connectivity index (χ0v) is 19.2. The number of nitrogens with one attached hydrogen (secondary N) is 2. The summed E-state index contributed by atoms with van der Waals surface area (Å²) in [6.45, 7) is 6.72. The van der Waals surface area contributed by atoms with Crippen LogP contribution in [-0.2, 0) is 9.59 Å². The minimum atomic E-state index is -0.980. The van der Waals surface area contributed by atoms with Crippen LogP contribution in [0.4, 0.5) is 11.4 Å². The maximum Gasteiger partial charge on any atom is 0.254 e. The molecule has 0 radical (unpaired) electrons. The number of nitrogen functional groups attached to an aromatic ring is 1. The number of benzene rings is 2. The maximum atomic E-state index is 12.8. The van der Waals surface area contributed by atoms with Crippen molar-refractivity contribution in [3.05, 3.63) is 45.9 Å². The Morgan fingerprint density at radius 2 is 1.87 bits per heavy atom. The van der Waals surface area contributed by atoms with E-state index in [9.17, 15) is 14.4 Å². The van der Waals surface area contributed by atoms with Crippen LogP contribution in [0.15, 0.2) is 34.8 Å². The second-order valence-electron chi connectivity index (χ2n) is 7.29. The van der Waals surface area contributed by atoms with E-state index >= 15 is 0 Å². The number of aryl methyl sites for hydroxylation is 1. The summed E-state index contributed by atoms with van der Waals surface area (Å²) in [5.41, 5.74) is 7.86. The van der Waals surface area contributed by atoms with Gasteiger partial charge in [-0.25, -0.2) is 0 Å². The molecule has 2 aromatic rings. The highest BCUT2D eigenvalue weighted by atomic mass is 79.9. The van der Waals surface area contributed by atoms with Gasteiger partial charge in [0.15, 0.2) is 5.75 Å². The Kier molecular flexibility index (Phi) is 6.84. The largest absolute Gasteiger partial charge is 0.455 e. The van der Waals surface area contributed by atoms with Crippen molar-refractivity contribution >= 4 is 45.0 Å². The summed E-state index contributed by atoms with van der Waals surface area (Å²) in [7, 11) is 0. The molecule has 1 heterocycles. The molecule has 0 bridgehead atoms. The summed E-state index contributed by atoms with van der Waals surface area (Å²) in [5.74, 6) is -0.313. The first kappa shape index (κ1) is 22.6. The van der Waals surface area contributed by atoms with Crippen molar-refractivity contribution in [2.45, 2.75) is 33.2 Å². The van der Waals surface area contributed by atoms with Gasteiger partial charge in [0.1, 0.15) is 11.8 Å². The van der Waals surface area contributed by atoms with Gasteiger partial charge in [-0.1, -0.05) is 15.9 Å². The molecular weight excluding hydrogens is 464 g/mol. The molecule has 9 heteroatoms. The molecule has 0 saturated carbocycles. The molecule has 3 amide bonds. The van der Waals surface area contributed by atoms with Crippen molar-refractivity contribution in [2.24, 2.45) is 0 Å². The van der Waals surface area contributed by atoms with Crippen LogP contribution in [0.2, 0.25) is 0 Å². The summed E-state index contributed by atoms with van der Waals surface area (Å²) in [5, 5.41) is 5.34. The number of hydrogen-bond donors (Lipinski definition) is 3. The van der Waals surface area contributed by atoms with Gasteiger partial charge in [-0.05, 0) is 56.7 Å². The molecule has 3 rings (SSSR count). The first-order chi connectivity index (χ1) is 14.7. The van der Waals surface area contributed by atoms with Crippen molar-refractivity contribution in [3.8, 4) is 11.5 Å². The monoisotopic (exact) mass is 488 g/mol. The van der Waals surface area contributed by atoms with Gasteiger partial charge in [0.25, 0.3) is 5.91 Å². The van der Waals surface area contributed by atoms with Gasteiger partial charge in [-0.15, -0.1) is 0 Å². The number of nitrogens with two attached hydrogens (primary N) is 1. The molecule has 164 valence electrons. The van der Waals surface area contributed by atoms with E-state index in [4.69, 9.17) is 10.5 Å². The number of anilines is 2. The fourth-order valence-corrected chi connectivity index (χ4v) is 4.00. The third-order valence-electron chi connectivity index (χ3n) is 5.01. The van der Waals surface area contributed by atoms with Gasteiger partial charge in [0.05, 0.1) is 23.4 Å². The number of nitrogens with zero attached hydrogens (tertiary/aromatic N) is 1. The second kappa shape index (κ2) is 9.38. The molecule has 31 heavy (non-hydrogen) atoms. The first-order valence-electron chi connectivity index (χ1n) is 9.99. The number of fused-ring (bicyclic) bond motifs is 1. The van der Waals surface area contributed by atoms with Gasteiger partial charge in [0, 0.05) is 17.6 Å². The molecule has 2 aromatic carbocycles. The average molecular weight is 489 g/mol. The zero-order chi connectivity index (χ0) is 22.7. The van der Waals surface area contributed by atoms with Crippen molar-refractivity contribution < 1.29 is 19.1 Å². The van der Waals surface area contributed by atoms with Crippen LogP contribution in [-0.4, -0.2) is 41.8 Å². The summed E-state index contributed by atoms with van der Waals surface area (Å²) < 4.78 is 6.74. The van der Waals surface area contributed by atoms with E-state index in [-0.39, 0.29) is 29.3 Å². The van der Waals surface area contributed by atoms with Gasteiger partial charge in [-0.3, -0.25) is 14.4 Å². The van der Waals surface area contributed by atoms with Gasteiger partial charge < -0.3 is 26.0 Å². The van der Waals surface area contributed by atoms with E-state index in [1.54, 1.807) is 11.0 Å². The van der Waals surface area contributed by atoms with Gasteiger partial charge in [0.2, 0.25) is 11.8 Å². The molecule has 0 fully saturated rings. The lowest BCUT2D eigenvalue weighted by Gasteiger charge is -2.21. The molecule has 1 atom stereocenters. The fraction of sp³-hybridized carbons (Fsp3) is 0.318. The van der Waals surface area contributed by atoms with Gasteiger partial charge in [-0.2, -0.15) is 0 Å². The molecular formula is C22H25BrN4O4. The third-order valence-corrected chi connectivity index (χ3v) is 5.47. The Labute approximate surface area is 189 Å². The lowest BCUT2D eigenvalue weighted by atomic mass is 10.1. The number of carbonyl (C=O) groups is 3. The highest BCUT2D eigenvalue weighted by Gasteiger charge is 2.31. The molecule has 0 aliphatic carbocycles. The fourth-order valence-electron chi connectivity index (χ4n) is 3.41. The van der Waals surface area contributed by atoms with Crippen LogP contribution in [0.3, 0.4) is 0 Å². The SMILES string of the molecule is CCN(CC)C(=O)C[C@@H]1NC(=O)c2cc(Oc3cc(C)cc(Br)c3)c(N)cc2NC1=O. The number of halogens is 1. The Hall–Kier alpha value is -3.07. The highest BCUT2D eigenvalue weighted by molar-refractivity contribution is 9.10. The van der Waals surface area contributed by atoms with Crippen LogP contribution in [0, 0.1) is 6.92 Å². The van der Waals surface area contributed by atoms with Crippen molar-refractivity contribution in [3.63, 3.8) is 0 Å². The zero-order valence-electron chi connectivity index (χ0n) is 17.6. The molecule has 1 aliphatic rings. The van der Waals surface area contributed by atoms with E-state index in [2.05, 4.69) is 26.6 Å². The minimum absolute atomic E-state index is 0.122. The number of hydrogen-bond acceptors (Lipinski definition) is 5. The normalized spacial score (nSPS) is 15.4. The molecule has 1 aliphatic heterocycles. The molecule has 8 nitrogen and oxygen atoms in total. The van der Waals surface area contributed by atoms with Crippen molar-refractivity contribution in [1.82, 2.24) is 10.2 Å². The van der Waals surface area contributed by atoms with E-state index in [1.165, 1.54) is 12.1 Å². The quantitative estimate of drug-likeness (QED) is 0.538. The minimum Gasteiger partial charge on any atom is -0.455 e. The van der Waals surface area contributed by atoms with Crippen LogP contribution in [0.1, 0.15) is 36.2 Å². The number of ether oxygens (including phenoxy) is 1. The smallest absolute Gasteiger partial charge is 0.254 e. The van der Waals surface area contributed by atoms with Crippen molar-refractivity contribution in [1.29, 1.82) is 0 Å². The topological polar surface area (TPSA) is 114 Å². The van der Waals surface area contributed by atoms with E-state index in [1.807, 2.05) is 32.9 Å². The standard InChI is InChI=1S/C22H25BrN4O4/c1-4-27(5-2)20(28)11-18-22(30)25-17-10-16(24)19(9-15(17)21(29)26-18)31-14-7-12(3)6-13(23)8-14/h6-10,18H,4-5,11,24H2,1-3H3,(H,25,30)(H,26,29)/t18-/m0/s1. The Morgan fingerprint density at radius 3 is 2.52 bits per heavy atom. The van der Waals surface area contributed by atoms with Crippen LogP contribution in [0.25, 0.3) is 0 Å². The Bertz CT molecular complexity index is 1020. The van der Waals surface area contributed by atoms with Crippen LogP contribution >= 0.6 is 15.9 Å². The second-order valence-corrected chi connectivity index (χ2v) is 8.20. The number of rotatable bonds is 6. The summed E-state index contributed by atoms with van der Waals surface area (Å²) in [4.78, 5) is 39.5. The van der Waals surface area contributed by atoms with E-state index in [0.29, 0.717) is 24.6 Å². The lowest BCUT2D eigenvalue weighted by molar-refractivity contribution is -0.133. The highest BCUT2D eigenvalue weighted by Crippen LogP contribution is 2.35. The summed E-state index contributed by atoms with van der Waals surface area (Å²) in [6, 6.07) is 7.57. The lowest BCUT2D eigenvalue weighted by Crippen LogP contribution is -2.45. The number of carbonyl (C=O) groups excluding carboxylic acids is 3. The average Bonchev–Trinajstić information content (AvgIpc) is 2.79. The first-order valence-corrected chi connectivity index (χ1v) is 10.8. The van der Waals surface area contributed by atoms with Gasteiger partial charge >= 0.3 is 0 Å². The van der Waals surface area contributed by atoms with Crippen LogP contribution < -0.4 is 21.1 Å². The Balaban J connectivity index is 1.86.